The number of aryl methyl sites for hydroxylation is 1. The highest BCUT2D eigenvalue weighted by atomic mass is 35.5. The first-order valence-corrected chi connectivity index (χ1v) is 9.40. The molecular formula is C20H23ClN2O2S. The van der Waals surface area contributed by atoms with Crippen molar-refractivity contribution in [3.05, 3.63) is 58.6 Å². The molecule has 138 valence electrons. The quantitative estimate of drug-likeness (QED) is 0.494. The molecule has 0 atom stereocenters. The van der Waals surface area contributed by atoms with Crippen LogP contribution in [-0.4, -0.2) is 17.6 Å². The molecule has 4 nitrogen and oxygen atoms in total. The predicted octanol–water partition coefficient (Wildman–Crippen LogP) is 5.34. The predicted molar refractivity (Wildman–Crippen MR) is 111 cm³/mol. The standard InChI is InChI=1S/C20H23ClN2O2S/c1-3-4-7-12-25-18-9-6-5-8-16(18)19(24)23-20(26)22-17-13-15(21)11-10-14(17)2/h5-6,8-11,13H,3-4,7,12H2,1-2H3,(H2,22,23,24,26). The fourth-order valence-corrected chi connectivity index (χ4v) is 2.74. The number of carbonyl (C=O) groups is 1. The topological polar surface area (TPSA) is 50.4 Å². The summed E-state index contributed by atoms with van der Waals surface area (Å²) in [4.78, 5) is 12.6. The van der Waals surface area contributed by atoms with Crippen LogP contribution in [-0.2, 0) is 0 Å². The van der Waals surface area contributed by atoms with E-state index in [1.54, 1.807) is 30.3 Å². The zero-order valence-corrected chi connectivity index (χ0v) is 16.5. The number of halogens is 1. The number of para-hydroxylation sites is 1. The Morgan fingerprint density at radius 3 is 2.73 bits per heavy atom. The molecule has 0 spiro atoms. The third-order valence-electron chi connectivity index (χ3n) is 3.81. The molecule has 0 fully saturated rings. The summed E-state index contributed by atoms with van der Waals surface area (Å²) in [6.45, 7) is 4.65. The van der Waals surface area contributed by atoms with Gasteiger partial charge in [-0.25, -0.2) is 0 Å². The molecule has 0 radical (unpaired) electrons. The fourth-order valence-electron chi connectivity index (χ4n) is 2.37. The monoisotopic (exact) mass is 390 g/mol. The SMILES string of the molecule is CCCCCOc1ccccc1C(=O)NC(=S)Nc1cc(Cl)ccc1C. The van der Waals surface area contributed by atoms with Gasteiger partial charge in [-0.3, -0.25) is 10.1 Å². The highest BCUT2D eigenvalue weighted by Gasteiger charge is 2.14. The molecule has 6 heteroatoms. The van der Waals surface area contributed by atoms with Crippen molar-refractivity contribution in [2.75, 3.05) is 11.9 Å². The van der Waals surface area contributed by atoms with Gasteiger partial charge in [0.2, 0.25) is 0 Å². The largest absolute Gasteiger partial charge is 0.493 e. The molecule has 2 N–H and O–H groups in total. The van der Waals surface area contributed by atoms with Gasteiger partial charge in [0.05, 0.1) is 12.2 Å². The first-order valence-electron chi connectivity index (χ1n) is 8.61. The van der Waals surface area contributed by atoms with Gasteiger partial charge in [0, 0.05) is 10.7 Å². The van der Waals surface area contributed by atoms with E-state index in [0.717, 1.165) is 30.5 Å². The van der Waals surface area contributed by atoms with E-state index in [4.69, 9.17) is 28.6 Å². The Balaban J connectivity index is 2.00. The van der Waals surface area contributed by atoms with E-state index in [1.807, 2.05) is 19.1 Å². The van der Waals surface area contributed by atoms with Crippen LogP contribution in [0.1, 0.15) is 42.1 Å². The molecule has 0 saturated carbocycles. The van der Waals surface area contributed by atoms with Gasteiger partial charge in [-0.15, -0.1) is 0 Å². The van der Waals surface area contributed by atoms with E-state index in [2.05, 4.69) is 17.6 Å². The number of nitrogens with one attached hydrogen (secondary N) is 2. The number of ether oxygens (including phenoxy) is 1. The highest BCUT2D eigenvalue weighted by molar-refractivity contribution is 7.80. The Morgan fingerprint density at radius 1 is 1.19 bits per heavy atom. The van der Waals surface area contributed by atoms with E-state index in [1.165, 1.54) is 0 Å². The minimum Gasteiger partial charge on any atom is -0.493 e. The Labute approximate surface area is 164 Å². The smallest absolute Gasteiger partial charge is 0.261 e. The Kier molecular flexibility index (Phi) is 7.88. The summed E-state index contributed by atoms with van der Waals surface area (Å²) in [6, 6.07) is 12.6. The second-order valence-electron chi connectivity index (χ2n) is 5.92. The Bertz CT molecular complexity index is 780. The molecule has 2 rings (SSSR count). The maximum atomic E-state index is 12.6. The summed E-state index contributed by atoms with van der Waals surface area (Å²) in [5, 5.41) is 6.50. The number of benzene rings is 2. The number of rotatable bonds is 7. The zero-order chi connectivity index (χ0) is 18.9. The summed E-state index contributed by atoms with van der Waals surface area (Å²) in [6.07, 6.45) is 3.18. The lowest BCUT2D eigenvalue weighted by Crippen LogP contribution is -2.34. The molecule has 2 aromatic rings. The molecule has 0 saturated heterocycles. The first kappa shape index (κ1) is 20.2. The number of unbranched alkanes of at least 4 members (excludes halogenated alkanes) is 2. The first-order chi connectivity index (χ1) is 12.5. The van der Waals surface area contributed by atoms with Gasteiger partial charge >= 0.3 is 0 Å². The molecule has 1 amide bonds. The van der Waals surface area contributed by atoms with Gasteiger partial charge in [-0.1, -0.05) is 49.6 Å². The minimum absolute atomic E-state index is 0.209. The molecule has 0 aromatic heterocycles. The maximum Gasteiger partial charge on any atom is 0.261 e. The Morgan fingerprint density at radius 2 is 1.96 bits per heavy atom. The lowest BCUT2D eigenvalue weighted by Gasteiger charge is -2.14. The van der Waals surface area contributed by atoms with Crippen molar-refractivity contribution in [1.82, 2.24) is 5.32 Å². The summed E-state index contributed by atoms with van der Waals surface area (Å²) in [5.74, 6) is 0.246. The second kappa shape index (κ2) is 10.1. The van der Waals surface area contributed by atoms with Gasteiger partial charge in [0.15, 0.2) is 5.11 Å². The molecule has 0 aliphatic heterocycles. The molecule has 0 aliphatic carbocycles. The number of hydrogen-bond acceptors (Lipinski definition) is 3. The van der Waals surface area contributed by atoms with Crippen molar-refractivity contribution in [3.8, 4) is 5.75 Å². The number of amides is 1. The second-order valence-corrected chi connectivity index (χ2v) is 6.76. The summed E-state index contributed by atoms with van der Waals surface area (Å²) >= 11 is 11.3. The molecule has 0 heterocycles. The van der Waals surface area contributed by atoms with Crippen LogP contribution in [0.25, 0.3) is 0 Å². The summed E-state index contributed by atoms with van der Waals surface area (Å²) in [7, 11) is 0. The van der Waals surface area contributed by atoms with Crippen LogP contribution in [0.2, 0.25) is 5.02 Å². The van der Waals surface area contributed by atoms with Crippen LogP contribution < -0.4 is 15.4 Å². The lowest BCUT2D eigenvalue weighted by molar-refractivity contribution is 0.0973. The van der Waals surface area contributed by atoms with Crippen LogP contribution in [0.15, 0.2) is 42.5 Å². The van der Waals surface area contributed by atoms with Gasteiger partial charge in [0.1, 0.15) is 5.75 Å². The average Bonchev–Trinajstić information content (AvgIpc) is 2.62. The molecule has 26 heavy (non-hydrogen) atoms. The number of thiocarbonyl (C=S) groups is 1. The zero-order valence-electron chi connectivity index (χ0n) is 15.0. The van der Waals surface area contributed by atoms with Crippen LogP contribution >= 0.6 is 23.8 Å². The molecule has 0 aliphatic rings. The third-order valence-corrected chi connectivity index (χ3v) is 4.25. The third kappa shape index (κ3) is 6.00. The maximum absolute atomic E-state index is 12.6. The van der Waals surface area contributed by atoms with E-state index in [0.29, 0.717) is 22.9 Å². The Hall–Kier alpha value is -2.11. The van der Waals surface area contributed by atoms with E-state index < -0.39 is 0 Å². The van der Waals surface area contributed by atoms with E-state index in [9.17, 15) is 4.79 Å². The summed E-state index contributed by atoms with van der Waals surface area (Å²) < 4.78 is 5.75. The number of hydrogen-bond donors (Lipinski definition) is 2. The molecule has 0 unspecified atom stereocenters. The van der Waals surface area contributed by atoms with Gasteiger partial charge < -0.3 is 10.1 Å². The normalized spacial score (nSPS) is 10.3. The van der Waals surface area contributed by atoms with Gasteiger partial charge in [0.25, 0.3) is 5.91 Å². The molecule has 2 aromatic carbocycles. The lowest BCUT2D eigenvalue weighted by atomic mass is 10.2. The minimum atomic E-state index is -0.312. The molecular weight excluding hydrogens is 368 g/mol. The van der Waals surface area contributed by atoms with Gasteiger partial charge in [-0.2, -0.15) is 0 Å². The number of carbonyl (C=O) groups excluding carboxylic acids is 1. The summed E-state index contributed by atoms with van der Waals surface area (Å²) in [5.41, 5.74) is 2.19. The van der Waals surface area contributed by atoms with Crippen molar-refractivity contribution in [1.29, 1.82) is 0 Å². The van der Waals surface area contributed by atoms with Crippen LogP contribution in [0.3, 0.4) is 0 Å². The van der Waals surface area contributed by atoms with Crippen molar-refractivity contribution in [2.45, 2.75) is 33.1 Å². The van der Waals surface area contributed by atoms with E-state index >= 15 is 0 Å². The number of anilines is 1. The van der Waals surface area contributed by atoms with Crippen LogP contribution in [0.5, 0.6) is 5.75 Å². The van der Waals surface area contributed by atoms with Crippen molar-refractivity contribution >= 4 is 40.5 Å². The van der Waals surface area contributed by atoms with Crippen LogP contribution in [0.4, 0.5) is 5.69 Å². The van der Waals surface area contributed by atoms with Crippen molar-refractivity contribution in [3.63, 3.8) is 0 Å². The van der Waals surface area contributed by atoms with Gasteiger partial charge in [-0.05, 0) is 55.4 Å². The van der Waals surface area contributed by atoms with Crippen LogP contribution in [0, 0.1) is 6.92 Å². The fraction of sp³-hybridized carbons (Fsp3) is 0.300. The van der Waals surface area contributed by atoms with Crippen molar-refractivity contribution in [2.24, 2.45) is 0 Å². The molecule has 0 bridgehead atoms. The van der Waals surface area contributed by atoms with E-state index in [-0.39, 0.29) is 11.0 Å². The average molecular weight is 391 g/mol. The highest BCUT2D eigenvalue weighted by Crippen LogP contribution is 2.21. The van der Waals surface area contributed by atoms with Crippen molar-refractivity contribution < 1.29 is 9.53 Å².